The molecule has 1 heterocycles. The second kappa shape index (κ2) is 3.23. The average Bonchev–Trinajstić information content (AvgIpc) is 2.45. The van der Waals surface area contributed by atoms with Gasteiger partial charge in [0.1, 0.15) is 5.75 Å². The Kier molecular flexibility index (Phi) is 2.15. The van der Waals surface area contributed by atoms with E-state index < -0.39 is 10.1 Å². The quantitative estimate of drug-likeness (QED) is 0.714. The number of imidazole rings is 1. The molecule has 0 fully saturated rings. The maximum absolute atomic E-state index is 10.9. The van der Waals surface area contributed by atoms with E-state index in [9.17, 15) is 8.42 Å². The summed E-state index contributed by atoms with van der Waals surface area (Å²) in [4.78, 5) is 4.10. The minimum atomic E-state index is -3.47. The van der Waals surface area contributed by atoms with Crippen molar-refractivity contribution in [2.24, 2.45) is 7.05 Å². The molecule has 0 radical (unpaired) electrons. The van der Waals surface area contributed by atoms with Crippen molar-refractivity contribution in [3.8, 4) is 5.75 Å². The Morgan fingerprint density at radius 2 is 2.13 bits per heavy atom. The molecule has 0 N–H and O–H groups in total. The molecule has 0 aliphatic rings. The van der Waals surface area contributed by atoms with Crippen molar-refractivity contribution in [3.63, 3.8) is 0 Å². The van der Waals surface area contributed by atoms with Crippen LogP contribution in [0.4, 0.5) is 0 Å². The smallest absolute Gasteiger partial charge is 0.306 e. The third kappa shape index (κ3) is 2.10. The standard InChI is InChI=1S/C9H10N2O3S/c1-11-6-10-8-5-7(3-4-9(8)11)14-15(2,12)13/h3-6H,1-2H3. The molecule has 0 atom stereocenters. The lowest BCUT2D eigenvalue weighted by molar-refractivity contribution is 0.493. The Bertz CT molecular complexity index is 601. The van der Waals surface area contributed by atoms with Crippen LogP contribution >= 0.6 is 0 Å². The maximum Gasteiger partial charge on any atom is 0.306 e. The fraction of sp³-hybridized carbons (Fsp3) is 0.222. The van der Waals surface area contributed by atoms with Gasteiger partial charge in [-0.2, -0.15) is 8.42 Å². The zero-order valence-electron chi connectivity index (χ0n) is 8.34. The molecule has 0 saturated carbocycles. The van der Waals surface area contributed by atoms with Gasteiger partial charge in [-0.05, 0) is 12.1 Å². The summed E-state index contributed by atoms with van der Waals surface area (Å²) in [6, 6.07) is 4.96. The monoisotopic (exact) mass is 226 g/mol. The zero-order chi connectivity index (χ0) is 11.1. The lowest BCUT2D eigenvalue weighted by Gasteiger charge is -2.02. The molecule has 6 heteroatoms. The van der Waals surface area contributed by atoms with Crippen molar-refractivity contribution >= 4 is 21.2 Å². The summed E-state index contributed by atoms with van der Waals surface area (Å²) in [6.45, 7) is 0. The minimum absolute atomic E-state index is 0.281. The van der Waals surface area contributed by atoms with Crippen molar-refractivity contribution in [1.82, 2.24) is 9.55 Å². The van der Waals surface area contributed by atoms with Gasteiger partial charge in [-0.1, -0.05) is 0 Å². The first-order valence-corrected chi connectivity index (χ1v) is 6.08. The topological polar surface area (TPSA) is 61.2 Å². The molecule has 0 bridgehead atoms. The molecule has 15 heavy (non-hydrogen) atoms. The van der Waals surface area contributed by atoms with Crippen molar-refractivity contribution in [1.29, 1.82) is 0 Å². The molecule has 1 aromatic heterocycles. The molecule has 0 aliphatic carbocycles. The molecule has 2 rings (SSSR count). The van der Waals surface area contributed by atoms with Gasteiger partial charge >= 0.3 is 10.1 Å². The summed E-state index contributed by atoms with van der Waals surface area (Å²) in [7, 11) is -1.61. The summed E-state index contributed by atoms with van der Waals surface area (Å²) >= 11 is 0. The maximum atomic E-state index is 10.9. The number of rotatable bonds is 2. The second-order valence-electron chi connectivity index (χ2n) is 3.29. The van der Waals surface area contributed by atoms with Gasteiger partial charge in [-0.3, -0.25) is 0 Å². The van der Waals surface area contributed by atoms with Crippen LogP contribution in [0.1, 0.15) is 0 Å². The van der Waals surface area contributed by atoms with E-state index in [2.05, 4.69) is 4.98 Å². The van der Waals surface area contributed by atoms with Crippen molar-refractivity contribution in [3.05, 3.63) is 24.5 Å². The lowest BCUT2D eigenvalue weighted by Crippen LogP contribution is -2.05. The fourth-order valence-electron chi connectivity index (χ4n) is 1.34. The van der Waals surface area contributed by atoms with Crippen molar-refractivity contribution in [2.45, 2.75) is 0 Å². The van der Waals surface area contributed by atoms with Crippen LogP contribution in [-0.4, -0.2) is 24.2 Å². The summed E-state index contributed by atoms with van der Waals surface area (Å²) < 4.78 is 28.4. The number of benzene rings is 1. The molecule has 2 aromatic rings. The Morgan fingerprint density at radius 1 is 1.40 bits per heavy atom. The molecule has 0 unspecified atom stereocenters. The van der Waals surface area contributed by atoms with E-state index >= 15 is 0 Å². The number of hydrogen-bond acceptors (Lipinski definition) is 4. The van der Waals surface area contributed by atoms with E-state index in [0.717, 1.165) is 11.8 Å². The average molecular weight is 226 g/mol. The summed E-state index contributed by atoms with van der Waals surface area (Å²) in [5.74, 6) is 0.281. The van der Waals surface area contributed by atoms with Crippen LogP contribution in [0, 0.1) is 0 Å². The van der Waals surface area contributed by atoms with E-state index in [1.54, 1.807) is 24.5 Å². The molecule has 1 aromatic carbocycles. The predicted molar refractivity (Wildman–Crippen MR) is 56.2 cm³/mol. The van der Waals surface area contributed by atoms with Crippen LogP contribution in [0.3, 0.4) is 0 Å². The van der Waals surface area contributed by atoms with Gasteiger partial charge in [0.2, 0.25) is 0 Å². The van der Waals surface area contributed by atoms with Crippen LogP contribution < -0.4 is 4.18 Å². The number of aromatic nitrogens is 2. The highest BCUT2D eigenvalue weighted by atomic mass is 32.2. The molecule has 5 nitrogen and oxygen atoms in total. The van der Waals surface area contributed by atoms with Gasteiger partial charge in [-0.25, -0.2) is 4.98 Å². The van der Waals surface area contributed by atoms with Crippen LogP contribution in [-0.2, 0) is 17.2 Å². The molecule has 0 aliphatic heterocycles. The van der Waals surface area contributed by atoms with Gasteiger partial charge in [0.25, 0.3) is 0 Å². The summed E-state index contributed by atoms with van der Waals surface area (Å²) in [5.41, 5.74) is 1.63. The van der Waals surface area contributed by atoms with Gasteiger partial charge in [-0.15, -0.1) is 0 Å². The van der Waals surface area contributed by atoms with Crippen LogP contribution in [0.25, 0.3) is 11.0 Å². The van der Waals surface area contributed by atoms with Gasteiger partial charge in [0, 0.05) is 13.1 Å². The number of aryl methyl sites for hydroxylation is 1. The Morgan fingerprint density at radius 3 is 2.80 bits per heavy atom. The molecule has 80 valence electrons. The van der Waals surface area contributed by atoms with Gasteiger partial charge in [0.15, 0.2) is 0 Å². The molecule has 0 amide bonds. The first-order valence-electron chi connectivity index (χ1n) is 4.26. The number of nitrogens with zero attached hydrogens (tertiary/aromatic N) is 2. The van der Waals surface area contributed by atoms with E-state index in [0.29, 0.717) is 5.52 Å². The highest BCUT2D eigenvalue weighted by Gasteiger charge is 2.06. The lowest BCUT2D eigenvalue weighted by atomic mass is 10.3. The van der Waals surface area contributed by atoms with Gasteiger partial charge < -0.3 is 8.75 Å². The Hall–Kier alpha value is -1.56. The van der Waals surface area contributed by atoms with E-state index in [1.165, 1.54) is 0 Å². The van der Waals surface area contributed by atoms with Crippen molar-refractivity contribution in [2.75, 3.05) is 6.26 Å². The van der Waals surface area contributed by atoms with E-state index in [1.807, 2.05) is 11.6 Å². The highest BCUT2D eigenvalue weighted by Crippen LogP contribution is 2.20. The third-order valence-corrected chi connectivity index (χ3v) is 2.44. The highest BCUT2D eigenvalue weighted by molar-refractivity contribution is 7.86. The first kappa shape index (κ1) is 9.97. The minimum Gasteiger partial charge on any atom is -0.383 e. The number of fused-ring (bicyclic) bond motifs is 1. The van der Waals surface area contributed by atoms with Crippen LogP contribution in [0.2, 0.25) is 0 Å². The molecular weight excluding hydrogens is 216 g/mol. The largest absolute Gasteiger partial charge is 0.383 e. The van der Waals surface area contributed by atoms with E-state index in [4.69, 9.17) is 4.18 Å². The predicted octanol–water partition coefficient (Wildman–Crippen LogP) is 0.912. The fourth-order valence-corrected chi connectivity index (χ4v) is 1.80. The van der Waals surface area contributed by atoms with Crippen LogP contribution in [0.5, 0.6) is 5.75 Å². The molecular formula is C9H10N2O3S. The molecule has 0 saturated heterocycles. The molecule has 0 spiro atoms. The Balaban J connectivity index is 2.48. The summed E-state index contributed by atoms with van der Waals surface area (Å²) in [6.07, 6.45) is 2.67. The zero-order valence-corrected chi connectivity index (χ0v) is 9.15. The van der Waals surface area contributed by atoms with Gasteiger partial charge in [0.05, 0.1) is 23.6 Å². The number of hydrogen-bond donors (Lipinski definition) is 0. The third-order valence-electron chi connectivity index (χ3n) is 1.94. The Labute approximate surface area is 87.4 Å². The summed E-state index contributed by atoms with van der Waals surface area (Å²) in [5, 5.41) is 0. The SMILES string of the molecule is Cn1cnc2cc(OS(C)(=O)=O)ccc21. The van der Waals surface area contributed by atoms with E-state index in [-0.39, 0.29) is 5.75 Å². The first-order chi connectivity index (χ1) is 6.96. The van der Waals surface area contributed by atoms with Crippen LogP contribution in [0.15, 0.2) is 24.5 Å². The normalized spacial score (nSPS) is 11.9. The van der Waals surface area contributed by atoms with Crippen molar-refractivity contribution < 1.29 is 12.6 Å². The second-order valence-corrected chi connectivity index (χ2v) is 4.87.